The first kappa shape index (κ1) is 26.1. The van der Waals surface area contributed by atoms with Gasteiger partial charge in [0, 0.05) is 31.8 Å². The van der Waals surface area contributed by atoms with Gasteiger partial charge in [0.25, 0.3) is 0 Å². The van der Waals surface area contributed by atoms with Crippen LogP contribution in [0.5, 0.6) is 0 Å². The minimum atomic E-state index is -3.78. The number of hydrogen-bond donors (Lipinski definition) is 3. The van der Waals surface area contributed by atoms with Crippen molar-refractivity contribution in [1.29, 1.82) is 0 Å². The zero-order chi connectivity index (χ0) is 24.9. The topological polar surface area (TPSA) is 107 Å². The van der Waals surface area contributed by atoms with Crippen LogP contribution in [0, 0.1) is 5.92 Å². The van der Waals surface area contributed by atoms with Crippen LogP contribution in [0.1, 0.15) is 37.0 Å². The van der Waals surface area contributed by atoms with Gasteiger partial charge in [0.15, 0.2) is 0 Å². The lowest BCUT2D eigenvalue weighted by Gasteiger charge is -2.31. The number of β-amino-alcohol motifs (C(OH)–C–C–N with tert-alkyl or cyclic N) is 1. The van der Waals surface area contributed by atoms with E-state index in [0.717, 1.165) is 29.6 Å². The molecule has 8 heteroatoms. The fourth-order valence-corrected chi connectivity index (χ4v) is 5.75. The molecule has 1 aliphatic rings. The Bertz CT molecular complexity index is 1100. The van der Waals surface area contributed by atoms with E-state index < -0.39 is 22.1 Å². The molecule has 2 aromatic rings. The molecule has 0 amide bonds. The van der Waals surface area contributed by atoms with Gasteiger partial charge >= 0.3 is 5.97 Å². The van der Waals surface area contributed by atoms with Crippen LogP contribution in [0.2, 0.25) is 0 Å². The van der Waals surface area contributed by atoms with Crippen molar-refractivity contribution in [3.63, 3.8) is 0 Å². The van der Waals surface area contributed by atoms with E-state index >= 15 is 0 Å². The monoisotopic (exact) mass is 486 g/mol. The Balaban J connectivity index is 1.50. The fraction of sp³-hybridized carbons (Fsp3) is 0.423. The van der Waals surface area contributed by atoms with E-state index in [1.165, 1.54) is 36.4 Å². The number of nitrogens with one attached hydrogen (secondary N) is 1. The minimum absolute atomic E-state index is 0.0407. The molecule has 0 spiro atoms. The normalized spacial score (nSPS) is 15.7. The predicted octanol–water partition coefficient (Wildman–Crippen LogP) is 2.94. The van der Waals surface area contributed by atoms with Gasteiger partial charge in [0.2, 0.25) is 10.0 Å². The molecule has 34 heavy (non-hydrogen) atoms. The molecule has 0 saturated carbocycles. The van der Waals surface area contributed by atoms with E-state index in [9.17, 15) is 18.3 Å². The molecule has 1 atom stereocenters. The maximum atomic E-state index is 12.9. The first-order valence-electron chi connectivity index (χ1n) is 11.4. The molecular formula is C26H34N2O5S. The number of fused-ring (bicyclic) bond motifs is 1. The number of rotatable bonds is 11. The lowest BCUT2D eigenvalue weighted by molar-refractivity contribution is -0.131. The van der Waals surface area contributed by atoms with Crippen molar-refractivity contribution in [2.75, 3.05) is 20.1 Å². The predicted molar refractivity (Wildman–Crippen MR) is 133 cm³/mol. The van der Waals surface area contributed by atoms with E-state index in [1.54, 1.807) is 12.1 Å². The Morgan fingerprint density at radius 1 is 1.15 bits per heavy atom. The Morgan fingerprint density at radius 2 is 1.74 bits per heavy atom. The number of likely N-dealkylation sites (N-methyl/N-ethyl adjacent to an activating group) is 1. The van der Waals surface area contributed by atoms with Crippen LogP contribution in [-0.4, -0.2) is 60.7 Å². The minimum Gasteiger partial charge on any atom is -0.478 e. The van der Waals surface area contributed by atoms with Crippen molar-refractivity contribution < 1.29 is 23.4 Å². The highest BCUT2D eigenvalue weighted by Gasteiger charge is 2.29. The number of aliphatic carboxylic acids is 1. The number of carboxylic acids is 1. The van der Waals surface area contributed by atoms with Gasteiger partial charge in [0.05, 0.1) is 11.0 Å². The Morgan fingerprint density at radius 3 is 2.29 bits per heavy atom. The van der Waals surface area contributed by atoms with Crippen LogP contribution in [0.25, 0.3) is 6.08 Å². The van der Waals surface area contributed by atoms with Gasteiger partial charge in [-0.2, -0.15) is 4.31 Å². The van der Waals surface area contributed by atoms with E-state index in [1.807, 2.05) is 0 Å². The average molecular weight is 487 g/mol. The largest absolute Gasteiger partial charge is 0.478 e. The molecule has 7 nitrogen and oxygen atoms in total. The molecule has 0 aromatic heterocycles. The third-order valence-corrected chi connectivity index (χ3v) is 8.06. The molecule has 0 fully saturated rings. The molecule has 0 saturated heterocycles. The highest BCUT2D eigenvalue weighted by molar-refractivity contribution is 7.89. The number of aliphatic hydroxyl groups excluding tert-OH is 1. The number of carboxylic acid groups (broad SMARTS) is 1. The van der Waals surface area contributed by atoms with Gasteiger partial charge < -0.3 is 15.5 Å². The van der Waals surface area contributed by atoms with Gasteiger partial charge in [-0.05, 0) is 73.9 Å². The first-order valence-corrected chi connectivity index (χ1v) is 12.9. The molecule has 3 rings (SSSR count). The zero-order valence-electron chi connectivity index (χ0n) is 19.9. The maximum Gasteiger partial charge on any atom is 0.328 e. The molecule has 0 aliphatic heterocycles. The lowest BCUT2D eigenvalue weighted by Crippen LogP contribution is -2.47. The molecular weight excluding hydrogens is 452 g/mol. The van der Waals surface area contributed by atoms with E-state index in [0.29, 0.717) is 11.5 Å². The number of hydrogen-bond acceptors (Lipinski definition) is 5. The SMILES string of the molecule is CN(C[C@H](O)CNC(C)(C)CC1Cc2ccccc2C1)S(=O)(=O)c1ccc(/C=C/C(=O)O)cc1. The second-order valence-electron chi connectivity index (χ2n) is 9.69. The lowest BCUT2D eigenvalue weighted by atomic mass is 9.88. The van der Waals surface area contributed by atoms with Gasteiger partial charge in [-0.1, -0.05) is 36.4 Å². The van der Waals surface area contributed by atoms with E-state index in [2.05, 4.69) is 43.4 Å². The summed E-state index contributed by atoms with van der Waals surface area (Å²) in [7, 11) is -2.34. The van der Waals surface area contributed by atoms with Crippen molar-refractivity contribution in [2.24, 2.45) is 5.92 Å². The van der Waals surface area contributed by atoms with Crippen LogP contribution in [0.15, 0.2) is 59.5 Å². The Kier molecular flexibility index (Phi) is 8.30. The van der Waals surface area contributed by atoms with Crippen molar-refractivity contribution in [3.8, 4) is 0 Å². The number of benzene rings is 2. The maximum absolute atomic E-state index is 12.9. The third-order valence-electron chi connectivity index (χ3n) is 6.23. The zero-order valence-corrected chi connectivity index (χ0v) is 20.8. The standard InChI is InChI=1S/C26H34N2O5S/c1-26(2,16-20-14-21-6-4-5-7-22(21)15-20)27-17-23(29)18-28(3)34(32,33)24-11-8-19(9-12-24)10-13-25(30)31/h4-13,20,23,27,29H,14-18H2,1-3H3,(H,30,31)/b13-10+/t23-/m1/s1. The van der Waals surface area contributed by atoms with Gasteiger partial charge in [-0.25, -0.2) is 13.2 Å². The average Bonchev–Trinajstić information content (AvgIpc) is 3.18. The summed E-state index contributed by atoms with van der Waals surface area (Å²) in [6.07, 6.45) is 4.62. The second-order valence-corrected chi connectivity index (χ2v) is 11.7. The molecule has 2 aromatic carbocycles. The third kappa shape index (κ3) is 6.99. The van der Waals surface area contributed by atoms with Gasteiger partial charge in [-0.15, -0.1) is 0 Å². The molecule has 0 heterocycles. The van der Waals surface area contributed by atoms with Crippen molar-refractivity contribution in [1.82, 2.24) is 9.62 Å². The van der Waals surface area contributed by atoms with Crippen LogP contribution < -0.4 is 5.32 Å². The van der Waals surface area contributed by atoms with Crippen LogP contribution in [0.4, 0.5) is 0 Å². The molecule has 0 radical (unpaired) electrons. The Labute approximate surface area is 202 Å². The number of aliphatic hydroxyl groups is 1. The van der Waals surface area contributed by atoms with Crippen molar-refractivity contribution >= 4 is 22.1 Å². The Hall–Kier alpha value is -2.52. The van der Waals surface area contributed by atoms with Gasteiger partial charge in [0.1, 0.15) is 0 Å². The molecule has 1 aliphatic carbocycles. The molecule has 0 bridgehead atoms. The fourth-order valence-electron chi connectivity index (χ4n) is 4.54. The number of carbonyl (C=O) groups is 1. The second kappa shape index (κ2) is 10.8. The summed E-state index contributed by atoms with van der Waals surface area (Å²) in [6, 6.07) is 14.5. The van der Waals surface area contributed by atoms with Crippen molar-refractivity contribution in [3.05, 3.63) is 71.3 Å². The van der Waals surface area contributed by atoms with Crippen LogP contribution >= 0.6 is 0 Å². The van der Waals surface area contributed by atoms with Crippen LogP contribution in [-0.2, 0) is 27.7 Å². The smallest absolute Gasteiger partial charge is 0.328 e. The van der Waals surface area contributed by atoms with Crippen LogP contribution in [0.3, 0.4) is 0 Å². The summed E-state index contributed by atoms with van der Waals surface area (Å²) in [5.41, 5.74) is 3.23. The summed E-state index contributed by atoms with van der Waals surface area (Å²) >= 11 is 0. The number of nitrogens with zero attached hydrogens (tertiary/aromatic N) is 1. The number of sulfonamides is 1. The summed E-state index contributed by atoms with van der Waals surface area (Å²) in [6.45, 7) is 4.47. The summed E-state index contributed by atoms with van der Waals surface area (Å²) in [5, 5.41) is 22.6. The molecule has 184 valence electrons. The molecule has 3 N–H and O–H groups in total. The van der Waals surface area contributed by atoms with Gasteiger partial charge in [-0.3, -0.25) is 0 Å². The quantitative estimate of drug-likeness (QED) is 0.422. The van der Waals surface area contributed by atoms with E-state index in [-0.39, 0.29) is 23.5 Å². The first-order chi connectivity index (χ1) is 16.0. The summed E-state index contributed by atoms with van der Waals surface area (Å²) in [4.78, 5) is 10.7. The highest BCUT2D eigenvalue weighted by Crippen LogP contribution is 2.31. The van der Waals surface area contributed by atoms with Crippen molar-refractivity contribution in [2.45, 2.75) is 49.6 Å². The summed E-state index contributed by atoms with van der Waals surface area (Å²) in [5.74, 6) is -0.524. The molecule has 0 unspecified atom stereocenters. The van der Waals surface area contributed by atoms with E-state index in [4.69, 9.17) is 5.11 Å². The highest BCUT2D eigenvalue weighted by atomic mass is 32.2. The summed E-state index contributed by atoms with van der Waals surface area (Å²) < 4.78 is 26.9.